The maximum absolute atomic E-state index is 5.92. The minimum Gasteiger partial charge on any atom is -0.428 e. The van der Waals surface area contributed by atoms with Gasteiger partial charge in [-0.05, 0) is 251 Å². The summed E-state index contributed by atoms with van der Waals surface area (Å²) in [6.45, 7) is 3.98. The summed E-state index contributed by atoms with van der Waals surface area (Å²) in [5.41, 5.74) is 2.90. The highest BCUT2D eigenvalue weighted by Crippen LogP contribution is 3.48. The minimum atomic E-state index is -0.247. The van der Waals surface area contributed by atoms with Crippen LogP contribution in [0.25, 0.3) is 22.2 Å². The van der Waals surface area contributed by atoms with Crippen LogP contribution in [0.5, 0.6) is 0 Å². The largest absolute Gasteiger partial charge is 0.428 e. The van der Waals surface area contributed by atoms with E-state index in [1.165, 1.54) is 0 Å². The topological polar surface area (TPSA) is 85.8 Å². The molecular weight excluding hydrogens is 2280 g/mol. The average molecular weight is 2370 g/mol. The summed E-state index contributed by atoms with van der Waals surface area (Å²) in [4.78, 5) is 10.4. The van der Waals surface area contributed by atoms with Gasteiger partial charge >= 0.3 is 0 Å². The standard InChI is InChI=1S/C12H13ClN2O2.C7H3Cl2NO.C5H11NO.H59P57/c1-8-7-15(4-5-16-8)12-14-10-6-9(13)2-3-11(10)17-12;8-4-1-2-6-5(3-4)10-7(9)11-6;1-5-4-6-2-3-7-5;1-30-45(31(2)3)52(44(28)29)56(53(46(32(4)5)33(6)7)47(34(8)9)35(10)11)57(54(48(36(12)13)37(14)15)49(38(16)17)39(18)19)55(50(40(20)21)41(22)23)51(42(24)25)43(26)27/h2-3,6,8H,4-5,7H2,1H3;1-3H;5-6H,2-4H2,1H3;30H,1-29H2/t8-;;5-;/m0.0./s1. The van der Waals surface area contributed by atoms with Crippen molar-refractivity contribution in [1.29, 1.82) is 0 Å². The van der Waals surface area contributed by atoms with Crippen molar-refractivity contribution in [3.63, 3.8) is 0 Å². The van der Waals surface area contributed by atoms with Crippen molar-refractivity contribution in [2.24, 2.45) is 0 Å². The molecule has 2 aromatic heterocycles. The number of ether oxygens (including phenoxy) is 2. The van der Waals surface area contributed by atoms with Gasteiger partial charge in [0.05, 0.1) is 25.4 Å². The number of halogens is 3. The van der Waals surface area contributed by atoms with E-state index in [1.54, 1.807) is 24.3 Å². The van der Waals surface area contributed by atoms with E-state index < -0.39 is 0 Å². The van der Waals surface area contributed by atoms with Crippen molar-refractivity contribution < 1.29 is 18.3 Å². The fourth-order valence-corrected chi connectivity index (χ4v) is 824. The van der Waals surface area contributed by atoms with E-state index in [0.29, 0.717) is 39.9 Å². The highest BCUT2D eigenvalue weighted by molar-refractivity contribution is 9.53. The predicted octanol–water partition coefficient (Wildman–Crippen LogP) is 39.1. The van der Waals surface area contributed by atoms with E-state index in [1.807, 2.05) is 19.1 Å². The van der Waals surface area contributed by atoms with Gasteiger partial charge in [-0.2, -0.15) is 9.97 Å². The van der Waals surface area contributed by atoms with E-state index in [9.17, 15) is 0 Å². The summed E-state index contributed by atoms with van der Waals surface area (Å²) < 4.78 is 21.4. The Bertz CT molecular complexity index is 2550. The molecule has 8 nitrogen and oxygen atoms in total. The Balaban J connectivity index is 0.000000490. The van der Waals surface area contributed by atoms with Crippen molar-refractivity contribution in [2.75, 3.05) is 44.3 Å². The van der Waals surface area contributed by atoms with Crippen LogP contribution in [0.4, 0.5) is 6.01 Å². The number of hydrogen-bond acceptors (Lipinski definition) is 8. The molecule has 2 aliphatic rings. The van der Waals surface area contributed by atoms with E-state index in [2.05, 4.69) is 286 Å². The zero-order valence-electron chi connectivity index (χ0n) is 48.8. The molecule has 0 spiro atoms. The van der Waals surface area contributed by atoms with Crippen LogP contribution in [-0.4, -0.2) is 61.6 Å². The second kappa shape index (κ2) is 58.6. The zero-order chi connectivity index (χ0) is 70.1. The SMILES string of the molecule is C[C@H]1CN(c2nc3cc(Cl)ccc3o2)CCO1.C[C@H]1CNCCO1.Clc1ccc2oc(Cl)nc2c1.PPP(P(P)P)P(P(P)P)P(P(P(P(P)P)P(P)P)P(P(P)P)P(P)P)P(P(P(P(P)P)P(P)P)P(P(P)P)P(P)P)P(P(P(P)P)P(P)P)P(P(P)P)P(P)P. The third kappa shape index (κ3) is 37.7. The molecule has 2 fully saturated rings. The summed E-state index contributed by atoms with van der Waals surface area (Å²) in [6.07, 6.45) is 0.635. The third-order valence-corrected chi connectivity index (χ3v) is 407. The zero-order valence-corrected chi connectivity index (χ0v) is 110. The van der Waals surface area contributed by atoms with Gasteiger partial charge in [-0.3, -0.25) is 0 Å². The van der Waals surface area contributed by atoms with E-state index in [4.69, 9.17) is 53.1 Å². The van der Waals surface area contributed by atoms with Gasteiger partial charge in [-0.15, -0.1) is 259 Å². The number of hydrogen-bond donors (Lipinski definition) is 1. The molecule has 6 rings (SSSR count). The first-order chi connectivity index (χ1) is 42.8. The smallest absolute Gasteiger partial charge is 0.298 e. The van der Waals surface area contributed by atoms with Gasteiger partial charge in [0.15, 0.2) is 11.2 Å². The third-order valence-electron chi connectivity index (χ3n) is 10.2. The monoisotopic (exact) mass is 2370 g/mol. The molecule has 2 aliphatic heterocycles. The molecule has 68 heteroatoms. The van der Waals surface area contributed by atoms with Crippen LogP contribution in [0, 0.1) is 0 Å². The Kier molecular flexibility index (Phi) is 69.2. The molecule has 0 saturated carbocycles. The summed E-state index contributed by atoms with van der Waals surface area (Å²) in [6, 6.07) is 11.3. The predicted molar refractivity (Wildman–Crippen MR) is 616 cm³/mol. The van der Waals surface area contributed by atoms with Gasteiger partial charge in [-0.1, -0.05) is 31.2 Å². The van der Waals surface area contributed by atoms with Crippen LogP contribution in [0.3, 0.4) is 0 Å². The fourth-order valence-electron chi connectivity index (χ4n) is 6.96. The molecule has 0 radical (unpaired) electrons. The van der Waals surface area contributed by atoms with Crippen LogP contribution < -0.4 is 10.2 Å². The number of anilines is 1. The first-order valence-corrected chi connectivity index (χ1v) is 129. The number of rotatable bonds is 28. The van der Waals surface area contributed by atoms with Gasteiger partial charge in [0.1, 0.15) is 11.0 Å². The molecule has 1 N–H and O–H groups in total. The Labute approximate surface area is 665 Å². The van der Waals surface area contributed by atoms with Crippen molar-refractivity contribution >= 4 is 519 Å². The van der Waals surface area contributed by atoms with Crippen molar-refractivity contribution in [1.82, 2.24) is 15.3 Å². The van der Waals surface area contributed by atoms with Crippen molar-refractivity contribution in [3.05, 3.63) is 51.8 Å². The van der Waals surface area contributed by atoms with Crippen molar-refractivity contribution in [2.45, 2.75) is 26.1 Å². The van der Waals surface area contributed by atoms with Crippen LogP contribution in [0.2, 0.25) is 15.4 Å². The highest BCUT2D eigenvalue weighted by Gasteiger charge is 2.60. The minimum absolute atomic E-state index is 0.102. The first-order valence-electron chi connectivity index (χ1n) is 24.3. The molecule has 2 aromatic carbocycles. The Morgan fingerprint density at radius 2 is 0.750 bits per heavy atom. The Hall–Kier alpha value is 22.4. The number of benzene rings is 2. The number of morpholine rings is 2. The lowest BCUT2D eigenvalue weighted by molar-refractivity contribution is 0.0410. The summed E-state index contributed by atoms with van der Waals surface area (Å²) in [5, 5.41) is 4.65. The maximum atomic E-state index is 5.92. The van der Waals surface area contributed by atoms with Crippen molar-refractivity contribution in [3.8, 4) is 0 Å². The molecule has 4 aromatic rings. The summed E-state index contributed by atoms with van der Waals surface area (Å²) in [5.74, 6) is 0. The van der Waals surface area contributed by atoms with Crippen LogP contribution in [0.1, 0.15) is 13.8 Å². The molecule has 0 aliphatic carbocycles. The van der Waals surface area contributed by atoms with Crippen LogP contribution >= 0.6 is 490 Å². The Morgan fingerprint density at radius 3 is 1.04 bits per heavy atom. The van der Waals surface area contributed by atoms with Gasteiger partial charge in [-0.25, -0.2) is 0 Å². The fraction of sp³-hybridized carbons (Fsp3) is 0.417. The number of aromatic nitrogens is 2. The summed E-state index contributed by atoms with van der Waals surface area (Å²) >= 11 is 17.1. The second-order valence-corrected chi connectivity index (χ2v) is 251. The van der Waals surface area contributed by atoms with Gasteiger partial charge in [0, 0.05) is 36.2 Å². The van der Waals surface area contributed by atoms with Gasteiger partial charge < -0.3 is 28.5 Å². The van der Waals surface area contributed by atoms with Crippen LogP contribution in [0.15, 0.2) is 45.2 Å². The summed E-state index contributed by atoms with van der Waals surface area (Å²) in [7, 11) is 103. The van der Waals surface area contributed by atoms with Gasteiger partial charge in [0.2, 0.25) is 0 Å². The normalized spacial score (nSPS) is 17.7. The molecule has 33 unspecified atom stereocenters. The lowest BCUT2D eigenvalue weighted by Gasteiger charge is -2.59. The lowest BCUT2D eigenvalue weighted by atomic mass is 10.3. The number of nitrogens with zero attached hydrogens (tertiary/aromatic N) is 3. The number of nitrogens with one attached hydrogen (secondary N) is 1. The second-order valence-electron chi connectivity index (χ2n) is 17.2. The molecule has 35 atom stereocenters. The number of oxazole rings is 2. The molecule has 0 bridgehead atoms. The average Bonchev–Trinajstić information content (AvgIpc) is 0.900. The Morgan fingerprint density at radius 1 is 0.424 bits per heavy atom. The quantitative estimate of drug-likeness (QED) is 0.0563. The first kappa shape index (κ1) is 109. The highest BCUT2D eigenvalue weighted by atomic mass is 35.5. The molecule has 0 amide bonds. The number of fused-ring (bicyclic) bond motifs is 2. The van der Waals surface area contributed by atoms with E-state index >= 15 is 0 Å². The van der Waals surface area contributed by atoms with E-state index in [0.717, 1.165) is 51.8 Å². The molecule has 532 valence electrons. The van der Waals surface area contributed by atoms with E-state index in [-0.39, 0.29) is 200 Å². The van der Waals surface area contributed by atoms with Crippen LogP contribution in [-0.2, 0) is 9.47 Å². The lowest BCUT2D eigenvalue weighted by Crippen LogP contribution is -2.41. The van der Waals surface area contributed by atoms with Gasteiger partial charge in [0.25, 0.3) is 11.4 Å². The molecule has 2 saturated heterocycles. The molecular formula is C24H86Cl3N4O4P57. The molecule has 92 heavy (non-hydrogen) atoms. The maximum Gasteiger partial charge on any atom is 0.298 e. The molecule has 4 heterocycles.